The van der Waals surface area contributed by atoms with Crippen molar-refractivity contribution < 1.29 is 9.59 Å². The van der Waals surface area contributed by atoms with E-state index in [1.54, 1.807) is 11.1 Å². The Bertz CT molecular complexity index is 416. The summed E-state index contributed by atoms with van der Waals surface area (Å²) >= 11 is 0. The number of nitrogen functional groups attached to an aromatic ring is 1. The van der Waals surface area contributed by atoms with Crippen LogP contribution in [0.25, 0.3) is 0 Å². The highest BCUT2D eigenvalue weighted by atomic mass is 16.2. The number of carbonyl (C=O) groups excluding carboxylic acids is 2. The molecule has 1 aromatic heterocycles. The van der Waals surface area contributed by atoms with Crippen LogP contribution in [0.15, 0.2) is 12.4 Å². The molecule has 90 valence electrons. The van der Waals surface area contributed by atoms with E-state index in [-0.39, 0.29) is 24.9 Å². The first kappa shape index (κ1) is 11.4. The first-order valence-electron chi connectivity index (χ1n) is 5.00. The van der Waals surface area contributed by atoms with Crippen molar-refractivity contribution in [2.75, 3.05) is 18.5 Å². The van der Waals surface area contributed by atoms with Gasteiger partial charge in [-0.2, -0.15) is 0 Å². The summed E-state index contributed by atoms with van der Waals surface area (Å²) in [7, 11) is 0. The van der Waals surface area contributed by atoms with Gasteiger partial charge in [0.2, 0.25) is 11.8 Å². The summed E-state index contributed by atoms with van der Waals surface area (Å²) in [6.07, 6.45) is 3.04. The second-order valence-electron chi connectivity index (χ2n) is 3.65. The summed E-state index contributed by atoms with van der Waals surface area (Å²) in [6, 6.07) is 0. The molecule has 8 nitrogen and oxygen atoms in total. The predicted octanol–water partition coefficient (Wildman–Crippen LogP) is -1.78. The maximum absolute atomic E-state index is 11.1. The fourth-order valence-corrected chi connectivity index (χ4v) is 1.55. The lowest BCUT2D eigenvalue weighted by Gasteiger charge is -2.24. The molecule has 0 aliphatic carbocycles. The number of nitrogens with one attached hydrogen (secondary N) is 2. The van der Waals surface area contributed by atoms with Crippen LogP contribution in [-0.4, -0.2) is 39.8 Å². The van der Waals surface area contributed by atoms with Crippen LogP contribution in [-0.2, 0) is 16.1 Å². The van der Waals surface area contributed by atoms with Gasteiger partial charge < -0.3 is 5.43 Å². The van der Waals surface area contributed by atoms with Crippen LogP contribution in [0.4, 0.5) is 5.82 Å². The molecule has 2 amide bonds. The maximum atomic E-state index is 11.1. The number of hydrogen-bond donors (Lipinski definition) is 3. The Labute approximate surface area is 97.2 Å². The molecule has 2 rings (SSSR count). The average Bonchev–Trinajstić information content (AvgIpc) is 2.28. The van der Waals surface area contributed by atoms with Gasteiger partial charge in [0, 0.05) is 6.54 Å². The van der Waals surface area contributed by atoms with Gasteiger partial charge in [-0.05, 0) is 0 Å². The van der Waals surface area contributed by atoms with Crippen molar-refractivity contribution in [3.63, 3.8) is 0 Å². The normalized spacial score (nSPS) is 16.8. The number of imide groups is 1. The molecule has 0 unspecified atom stereocenters. The number of piperazine rings is 1. The van der Waals surface area contributed by atoms with Crippen LogP contribution in [0.3, 0.4) is 0 Å². The van der Waals surface area contributed by atoms with Crippen molar-refractivity contribution in [2.24, 2.45) is 5.84 Å². The Kier molecular flexibility index (Phi) is 3.26. The first-order valence-corrected chi connectivity index (χ1v) is 5.00. The molecular formula is C9H12N6O2. The summed E-state index contributed by atoms with van der Waals surface area (Å²) in [5.41, 5.74) is 3.04. The molecule has 1 saturated heterocycles. The highest BCUT2D eigenvalue weighted by Gasteiger charge is 2.22. The maximum Gasteiger partial charge on any atom is 0.240 e. The van der Waals surface area contributed by atoms with E-state index in [2.05, 4.69) is 20.7 Å². The lowest BCUT2D eigenvalue weighted by molar-refractivity contribution is -0.136. The van der Waals surface area contributed by atoms with E-state index in [4.69, 9.17) is 5.84 Å². The van der Waals surface area contributed by atoms with Crippen LogP contribution in [0.2, 0.25) is 0 Å². The number of nitrogens with two attached hydrogens (primary N) is 1. The van der Waals surface area contributed by atoms with Crippen LogP contribution in [0.1, 0.15) is 5.69 Å². The summed E-state index contributed by atoms with van der Waals surface area (Å²) in [6.45, 7) is 0.769. The van der Waals surface area contributed by atoms with Crippen molar-refractivity contribution in [1.82, 2.24) is 20.2 Å². The second kappa shape index (κ2) is 4.85. The molecule has 1 aromatic rings. The fraction of sp³-hybridized carbons (Fsp3) is 0.333. The van der Waals surface area contributed by atoms with Crippen molar-refractivity contribution in [2.45, 2.75) is 6.54 Å². The first-order chi connectivity index (χ1) is 8.17. The largest absolute Gasteiger partial charge is 0.307 e. The third-order valence-corrected chi connectivity index (χ3v) is 2.25. The predicted molar refractivity (Wildman–Crippen MR) is 58.3 cm³/mol. The highest BCUT2D eigenvalue weighted by molar-refractivity contribution is 5.99. The summed E-state index contributed by atoms with van der Waals surface area (Å²) in [4.78, 5) is 32.1. The van der Waals surface area contributed by atoms with E-state index >= 15 is 0 Å². The number of aromatic nitrogens is 2. The van der Waals surface area contributed by atoms with Gasteiger partial charge >= 0.3 is 0 Å². The summed E-state index contributed by atoms with van der Waals surface area (Å²) in [5, 5.41) is 2.23. The molecule has 1 fully saturated rings. The van der Waals surface area contributed by atoms with Crippen LogP contribution in [0, 0.1) is 0 Å². The van der Waals surface area contributed by atoms with Gasteiger partial charge in [0.1, 0.15) is 0 Å². The quantitative estimate of drug-likeness (QED) is 0.323. The molecule has 1 aliphatic rings. The minimum atomic E-state index is -0.297. The third-order valence-electron chi connectivity index (χ3n) is 2.25. The molecule has 0 spiro atoms. The number of rotatable bonds is 3. The van der Waals surface area contributed by atoms with Crippen LogP contribution < -0.4 is 16.6 Å². The third kappa shape index (κ3) is 2.95. The molecule has 1 aliphatic heterocycles. The van der Waals surface area contributed by atoms with Gasteiger partial charge in [-0.1, -0.05) is 0 Å². The Morgan fingerprint density at radius 3 is 2.53 bits per heavy atom. The second-order valence-corrected chi connectivity index (χ2v) is 3.65. The molecule has 0 aromatic carbocycles. The van der Waals surface area contributed by atoms with E-state index in [1.807, 2.05) is 0 Å². The van der Waals surface area contributed by atoms with E-state index in [0.29, 0.717) is 18.1 Å². The SMILES string of the molecule is NNc1cnc(CN2CC(=O)NC(=O)C2)cn1. The minimum Gasteiger partial charge on any atom is -0.307 e. The van der Waals surface area contributed by atoms with Gasteiger partial charge in [-0.15, -0.1) is 0 Å². The monoisotopic (exact) mass is 236 g/mol. The Hall–Kier alpha value is -2.06. The number of hydrogen-bond acceptors (Lipinski definition) is 7. The fourth-order valence-electron chi connectivity index (χ4n) is 1.55. The Balaban J connectivity index is 1.99. The topological polar surface area (TPSA) is 113 Å². The zero-order valence-electron chi connectivity index (χ0n) is 9.01. The summed E-state index contributed by atoms with van der Waals surface area (Å²) in [5.74, 6) is 5.03. The van der Waals surface area contributed by atoms with Crippen molar-refractivity contribution in [1.29, 1.82) is 0 Å². The van der Waals surface area contributed by atoms with Gasteiger partial charge in [0.25, 0.3) is 0 Å². The molecular weight excluding hydrogens is 224 g/mol. The van der Waals surface area contributed by atoms with Crippen LogP contribution >= 0.6 is 0 Å². The number of nitrogens with zero attached hydrogens (tertiary/aromatic N) is 3. The van der Waals surface area contributed by atoms with E-state index in [0.717, 1.165) is 0 Å². The molecule has 2 heterocycles. The number of carbonyl (C=O) groups is 2. The van der Waals surface area contributed by atoms with Gasteiger partial charge in [0.15, 0.2) is 5.82 Å². The zero-order valence-corrected chi connectivity index (χ0v) is 9.01. The lowest BCUT2D eigenvalue weighted by Crippen LogP contribution is -2.50. The Morgan fingerprint density at radius 1 is 1.29 bits per heavy atom. The molecule has 4 N–H and O–H groups in total. The van der Waals surface area contributed by atoms with Gasteiger partial charge in [-0.25, -0.2) is 10.8 Å². The number of amides is 2. The molecule has 0 saturated carbocycles. The van der Waals surface area contributed by atoms with E-state index in [1.165, 1.54) is 6.20 Å². The zero-order chi connectivity index (χ0) is 12.3. The van der Waals surface area contributed by atoms with Crippen molar-refractivity contribution >= 4 is 17.6 Å². The van der Waals surface area contributed by atoms with E-state index in [9.17, 15) is 9.59 Å². The highest BCUT2D eigenvalue weighted by Crippen LogP contribution is 2.04. The molecule has 17 heavy (non-hydrogen) atoms. The van der Waals surface area contributed by atoms with E-state index < -0.39 is 0 Å². The van der Waals surface area contributed by atoms with Crippen LogP contribution in [0.5, 0.6) is 0 Å². The van der Waals surface area contributed by atoms with Gasteiger partial charge in [0.05, 0.1) is 31.2 Å². The molecule has 0 radical (unpaired) electrons. The van der Waals surface area contributed by atoms with Crippen molar-refractivity contribution in [3.8, 4) is 0 Å². The molecule has 0 atom stereocenters. The Morgan fingerprint density at radius 2 is 2.00 bits per heavy atom. The standard InChI is InChI=1S/C9H12N6O2/c10-14-7-2-11-6(1-12-7)3-15-4-8(16)13-9(17)5-15/h1-2H,3-5,10H2,(H,12,14)(H,13,16,17). The number of anilines is 1. The van der Waals surface area contributed by atoms with Gasteiger partial charge in [-0.3, -0.25) is 24.8 Å². The summed E-state index contributed by atoms with van der Waals surface area (Å²) < 4.78 is 0. The molecule has 8 heteroatoms. The van der Waals surface area contributed by atoms with Crippen molar-refractivity contribution in [3.05, 3.63) is 18.1 Å². The molecule has 0 bridgehead atoms. The minimum absolute atomic E-state index is 0.185. The smallest absolute Gasteiger partial charge is 0.240 e. The lowest BCUT2D eigenvalue weighted by atomic mass is 10.3. The number of hydrazine groups is 1. The average molecular weight is 236 g/mol.